The van der Waals surface area contributed by atoms with Gasteiger partial charge in [0.25, 0.3) is 0 Å². The summed E-state index contributed by atoms with van der Waals surface area (Å²) in [6.07, 6.45) is 2.01. The van der Waals surface area contributed by atoms with E-state index in [-0.39, 0.29) is 18.5 Å². The Hall–Kier alpha value is -1.98. The van der Waals surface area contributed by atoms with Gasteiger partial charge in [-0.1, -0.05) is 6.92 Å². The lowest BCUT2D eigenvalue weighted by molar-refractivity contribution is -0.137. The molecule has 1 aromatic heterocycles. The summed E-state index contributed by atoms with van der Waals surface area (Å²) in [5.74, 6) is -0.280. The molecule has 0 bridgehead atoms. The molecule has 2 atom stereocenters. The normalized spacial score (nSPS) is 13.7. The van der Waals surface area contributed by atoms with Crippen molar-refractivity contribution >= 4 is 12.0 Å². The van der Waals surface area contributed by atoms with Crippen LogP contribution in [0.4, 0.5) is 4.79 Å². The minimum Gasteiger partial charge on any atom is -0.481 e. The van der Waals surface area contributed by atoms with Gasteiger partial charge in [-0.3, -0.25) is 4.79 Å². The smallest absolute Gasteiger partial charge is 0.315 e. The highest BCUT2D eigenvalue weighted by Gasteiger charge is 2.16. The van der Waals surface area contributed by atoms with Crippen LogP contribution in [0.3, 0.4) is 0 Å². The molecule has 0 radical (unpaired) electrons. The van der Waals surface area contributed by atoms with Crippen molar-refractivity contribution in [1.29, 1.82) is 0 Å². The van der Waals surface area contributed by atoms with E-state index in [1.165, 1.54) is 6.26 Å². The van der Waals surface area contributed by atoms with Gasteiger partial charge in [0.2, 0.25) is 0 Å². The zero-order valence-corrected chi connectivity index (χ0v) is 10.5. The number of amides is 2. The Kier molecular flexibility index (Phi) is 5.23. The molecular weight excluding hydrogens is 236 g/mol. The second-order valence-electron chi connectivity index (χ2n) is 4.06. The number of carboxylic acids is 1. The van der Waals surface area contributed by atoms with E-state index < -0.39 is 12.0 Å². The van der Waals surface area contributed by atoms with Crippen molar-refractivity contribution in [2.75, 3.05) is 0 Å². The van der Waals surface area contributed by atoms with Crippen LogP contribution in [0, 0.1) is 0 Å². The average molecular weight is 254 g/mol. The highest BCUT2D eigenvalue weighted by molar-refractivity contribution is 5.76. The van der Waals surface area contributed by atoms with Gasteiger partial charge in [-0.15, -0.1) is 0 Å². The highest BCUT2D eigenvalue weighted by Crippen LogP contribution is 2.11. The van der Waals surface area contributed by atoms with Crippen molar-refractivity contribution in [3.63, 3.8) is 0 Å². The van der Waals surface area contributed by atoms with E-state index >= 15 is 0 Å². The molecule has 6 heteroatoms. The molecule has 6 nitrogen and oxygen atoms in total. The number of hydrogen-bond donors (Lipinski definition) is 3. The predicted octanol–water partition coefficient (Wildman–Crippen LogP) is 1.89. The summed E-state index contributed by atoms with van der Waals surface area (Å²) in [6, 6.07) is 2.48. The van der Waals surface area contributed by atoms with E-state index in [0.29, 0.717) is 12.2 Å². The molecule has 1 aromatic rings. The molecule has 2 unspecified atom stereocenters. The van der Waals surface area contributed by atoms with Gasteiger partial charge in [-0.25, -0.2) is 4.79 Å². The Labute approximate surface area is 105 Å². The van der Waals surface area contributed by atoms with Crippen molar-refractivity contribution in [3.05, 3.63) is 24.2 Å². The van der Waals surface area contributed by atoms with Crippen LogP contribution in [0.25, 0.3) is 0 Å². The summed E-state index contributed by atoms with van der Waals surface area (Å²) in [5.41, 5.74) is 0. The van der Waals surface area contributed by atoms with Crippen LogP contribution < -0.4 is 10.6 Å². The average Bonchev–Trinajstić information content (AvgIpc) is 2.80. The lowest BCUT2D eigenvalue weighted by atomic mass is 10.1. The maximum Gasteiger partial charge on any atom is 0.315 e. The molecule has 0 aromatic carbocycles. The SMILES string of the molecule is CCC(CC(=O)O)NC(=O)NC(C)c1ccco1. The third-order valence-corrected chi connectivity index (χ3v) is 2.57. The number of carbonyl (C=O) groups excluding carboxylic acids is 1. The van der Waals surface area contributed by atoms with Gasteiger partial charge < -0.3 is 20.2 Å². The van der Waals surface area contributed by atoms with Crippen molar-refractivity contribution in [1.82, 2.24) is 10.6 Å². The standard InChI is InChI=1S/C12H18N2O4/c1-3-9(7-11(15)16)14-12(17)13-8(2)10-5-4-6-18-10/h4-6,8-9H,3,7H2,1-2H3,(H,15,16)(H2,13,14,17). The van der Waals surface area contributed by atoms with Crippen LogP contribution in [0.5, 0.6) is 0 Å². The molecule has 2 amide bonds. The van der Waals surface area contributed by atoms with Gasteiger partial charge in [0, 0.05) is 6.04 Å². The molecule has 18 heavy (non-hydrogen) atoms. The minimum absolute atomic E-state index is 0.0843. The summed E-state index contributed by atoms with van der Waals surface area (Å²) in [6.45, 7) is 3.61. The molecule has 0 spiro atoms. The molecule has 3 N–H and O–H groups in total. The first-order valence-electron chi connectivity index (χ1n) is 5.85. The van der Waals surface area contributed by atoms with Crippen molar-refractivity contribution in [2.24, 2.45) is 0 Å². The Morgan fingerprint density at radius 3 is 2.67 bits per heavy atom. The Balaban J connectivity index is 2.43. The topological polar surface area (TPSA) is 91.6 Å². The summed E-state index contributed by atoms with van der Waals surface area (Å²) in [7, 11) is 0. The summed E-state index contributed by atoms with van der Waals surface area (Å²) in [4.78, 5) is 22.2. The molecule has 1 rings (SSSR count). The molecule has 0 saturated heterocycles. The van der Waals surface area contributed by atoms with Crippen LogP contribution in [0.1, 0.15) is 38.5 Å². The Morgan fingerprint density at radius 2 is 2.17 bits per heavy atom. The number of carboxylic acid groups (broad SMARTS) is 1. The van der Waals surface area contributed by atoms with E-state index in [0.717, 1.165) is 0 Å². The van der Waals surface area contributed by atoms with Gasteiger partial charge in [-0.2, -0.15) is 0 Å². The maximum absolute atomic E-state index is 11.6. The summed E-state index contributed by atoms with van der Waals surface area (Å²) < 4.78 is 5.16. The molecule has 0 aliphatic heterocycles. The highest BCUT2D eigenvalue weighted by atomic mass is 16.4. The first-order valence-corrected chi connectivity index (χ1v) is 5.85. The van der Waals surface area contributed by atoms with E-state index in [2.05, 4.69) is 10.6 Å². The maximum atomic E-state index is 11.6. The lowest BCUT2D eigenvalue weighted by Crippen LogP contribution is -2.43. The predicted molar refractivity (Wildman–Crippen MR) is 65.1 cm³/mol. The molecular formula is C12H18N2O4. The zero-order chi connectivity index (χ0) is 13.5. The Bertz CT molecular complexity index is 389. The number of urea groups is 1. The quantitative estimate of drug-likeness (QED) is 0.723. The number of rotatable bonds is 6. The third-order valence-electron chi connectivity index (χ3n) is 2.57. The largest absolute Gasteiger partial charge is 0.481 e. The molecule has 1 heterocycles. The van der Waals surface area contributed by atoms with Crippen LogP contribution in [0.15, 0.2) is 22.8 Å². The van der Waals surface area contributed by atoms with Gasteiger partial charge in [0.15, 0.2) is 0 Å². The monoisotopic (exact) mass is 254 g/mol. The van der Waals surface area contributed by atoms with E-state index in [4.69, 9.17) is 9.52 Å². The summed E-state index contributed by atoms with van der Waals surface area (Å²) in [5, 5.41) is 14.0. The van der Waals surface area contributed by atoms with Gasteiger partial charge in [0.05, 0.1) is 18.7 Å². The number of hydrogen-bond acceptors (Lipinski definition) is 3. The fourth-order valence-electron chi connectivity index (χ4n) is 1.54. The third kappa shape index (κ3) is 4.48. The van der Waals surface area contributed by atoms with Crippen molar-refractivity contribution in [2.45, 2.75) is 38.8 Å². The molecule has 100 valence electrons. The van der Waals surface area contributed by atoms with E-state index in [1.54, 1.807) is 19.1 Å². The van der Waals surface area contributed by atoms with Crippen LogP contribution in [-0.2, 0) is 4.79 Å². The van der Waals surface area contributed by atoms with E-state index in [9.17, 15) is 9.59 Å². The fraction of sp³-hybridized carbons (Fsp3) is 0.500. The van der Waals surface area contributed by atoms with Crippen LogP contribution >= 0.6 is 0 Å². The minimum atomic E-state index is -0.929. The molecule has 0 aliphatic carbocycles. The van der Waals surface area contributed by atoms with Crippen molar-refractivity contribution in [3.8, 4) is 0 Å². The van der Waals surface area contributed by atoms with Gasteiger partial charge >= 0.3 is 12.0 Å². The van der Waals surface area contributed by atoms with Gasteiger partial charge in [0.1, 0.15) is 5.76 Å². The summed E-state index contributed by atoms with van der Waals surface area (Å²) >= 11 is 0. The number of aliphatic carboxylic acids is 1. The fourth-order valence-corrected chi connectivity index (χ4v) is 1.54. The second kappa shape index (κ2) is 6.68. The second-order valence-corrected chi connectivity index (χ2v) is 4.06. The Morgan fingerprint density at radius 1 is 1.44 bits per heavy atom. The lowest BCUT2D eigenvalue weighted by Gasteiger charge is -2.17. The van der Waals surface area contributed by atoms with Crippen LogP contribution in [-0.4, -0.2) is 23.1 Å². The number of furan rings is 1. The van der Waals surface area contributed by atoms with Gasteiger partial charge in [-0.05, 0) is 25.5 Å². The zero-order valence-electron chi connectivity index (χ0n) is 10.5. The number of nitrogens with one attached hydrogen (secondary N) is 2. The van der Waals surface area contributed by atoms with Crippen LogP contribution in [0.2, 0.25) is 0 Å². The first-order chi connectivity index (χ1) is 8.52. The first kappa shape index (κ1) is 14.1. The molecule has 0 saturated carbocycles. The molecule has 0 aliphatic rings. The number of carbonyl (C=O) groups is 2. The van der Waals surface area contributed by atoms with Crippen molar-refractivity contribution < 1.29 is 19.1 Å². The molecule has 0 fully saturated rings. The van der Waals surface area contributed by atoms with E-state index in [1.807, 2.05) is 6.92 Å².